The second-order valence-electron chi connectivity index (χ2n) is 6.28. The van der Waals surface area contributed by atoms with Crippen LogP contribution in [0.4, 0.5) is 0 Å². The van der Waals surface area contributed by atoms with Crippen molar-refractivity contribution in [2.45, 2.75) is 32.1 Å². The number of aromatic nitrogens is 2. The molecule has 1 aliphatic rings. The molecule has 0 spiro atoms. The second-order valence-corrected chi connectivity index (χ2v) is 6.66. The Kier molecular flexibility index (Phi) is 5.87. The number of carbonyl (C=O) groups excluding carboxylic acids is 1. The fourth-order valence-corrected chi connectivity index (χ4v) is 3.31. The van der Waals surface area contributed by atoms with Gasteiger partial charge in [-0.25, -0.2) is 4.98 Å². The lowest BCUT2D eigenvalue weighted by atomic mass is 9.94. The summed E-state index contributed by atoms with van der Waals surface area (Å²) in [4.78, 5) is 22.9. The maximum Gasteiger partial charge on any atom is 0.241 e. The third-order valence-corrected chi connectivity index (χ3v) is 4.55. The maximum atomic E-state index is 12.2. The highest BCUT2D eigenvalue weighted by Gasteiger charge is 2.28. The van der Waals surface area contributed by atoms with E-state index in [9.17, 15) is 4.79 Å². The third-order valence-electron chi connectivity index (χ3n) is 4.36. The summed E-state index contributed by atoms with van der Waals surface area (Å²) in [5.74, 6) is 1.84. The third kappa shape index (κ3) is 4.48. The molecule has 1 saturated heterocycles. The highest BCUT2D eigenvalue weighted by Crippen LogP contribution is 2.32. The number of nitrogens with zero attached hydrogens (tertiary/aromatic N) is 3. The van der Waals surface area contributed by atoms with Crippen LogP contribution in [-0.4, -0.2) is 39.7 Å². The Labute approximate surface area is 153 Å². The van der Waals surface area contributed by atoms with E-state index < -0.39 is 0 Å². The van der Waals surface area contributed by atoms with Crippen molar-refractivity contribution in [3.05, 3.63) is 47.9 Å². The fourth-order valence-electron chi connectivity index (χ4n) is 3.15. The van der Waals surface area contributed by atoms with Gasteiger partial charge in [-0.05, 0) is 37.5 Å². The SMILES string of the molecule is Cc1cccc(Oc2nccnc2C2CCCN(C(=O)CCCl)C2)c1. The highest BCUT2D eigenvalue weighted by atomic mass is 35.5. The number of rotatable bonds is 5. The second kappa shape index (κ2) is 8.30. The van der Waals surface area contributed by atoms with Crippen LogP contribution in [0.3, 0.4) is 0 Å². The van der Waals surface area contributed by atoms with Crippen LogP contribution in [0.15, 0.2) is 36.7 Å². The molecule has 0 bridgehead atoms. The van der Waals surface area contributed by atoms with Gasteiger partial charge >= 0.3 is 0 Å². The summed E-state index contributed by atoms with van der Waals surface area (Å²) in [6, 6.07) is 7.85. The van der Waals surface area contributed by atoms with E-state index >= 15 is 0 Å². The molecular weight excluding hydrogens is 338 g/mol. The lowest BCUT2D eigenvalue weighted by Gasteiger charge is -2.32. The minimum Gasteiger partial charge on any atom is -0.437 e. The predicted molar refractivity (Wildman–Crippen MR) is 97.2 cm³/mol. The molecule has 1 aliphatic heterocycles. The van der Waals surface area contributed by atoms with Gasteiger partial charge in [-0.1, -0.05) is 12.1 Å². The number of amides is 1. The number of carbonyl (C=O) groups is 1. The highest BCUT2D eigenvalue weighted by molar-refractivity contribution is 6.18. The summed E-state index contributed by atoms with van der Waals surface area (Å²) in [5, 5.41) is 0. The van der Waals surface area contributed by atoms with E-state index in [-0.39, 0.29) is 11.8 Å². The molecule has 2 aromatic rings. The van der Waals surface area contributed by atoms with Crippen LogP contribution in [0.1, 0.15) is 36.4 Å². The lowest BCUT2D eigenvalue weighted by molar-refractivity contribution is -0.132. The Morgan fingerprint density at radius 1 is 1.36 bits per heavy atom. The van der Waals surface area contributed by atoms with E-state index in [1.165, 1.54) is 0 Å². The Morgan fingerprint density at radius 2 is 2.20 bits per heavy atom. The van der Waals surface area contributed by atoms with Crippen LogP contribution in [0.25, 0.3) is 0 Å². The molecule has 1 amide bonds. The molecule has 6 heteroatoms. The molecule has 2 heterocycles. The molecule has 25 heavy (non-hydrogen) atoms. The van der Waals surface area contributed by atoms with Gasteiger partial charge in [0.2, 0.25) is 11.8 Å². The van der Waals surface area contributed by atoms with Crippen LogP contribution in [0.2, 0.25) is 0 Å². The van der Waals surface area contributed by atoms with Crippen LogP contribution >= 0.6 is 11.6 Å². The van der Waals surface area contributed by atoms with Crippen molar-refractivity contribution in [1.29, 1.82) is 0 Å². The van der Waals surface area contributed by atoms with E-state index in [0.29, 0.717) is 24.7 Å². The van der Waals surface area contributed by atoms with Crippen molar-refractivity contribution in [2.75, 3.05) is 19.0 Å². The lowest BCUT2D eigenvalue weighted by Crippen LogP contribution is -2.39. The van der Waals surface area contributed by atoms with Gasteiger partial charge in [0, 0.05) is 43.7 Å². The number of piperidine rings is 1. The number of ether oxygens (including phenoxy) is 1. The molecule has 1 fully saturated rings. The molecular formula is C19H22ClN3O2. The Hall–Kier alpha value is -2.14. The Morgan fingerprint density at radius 3 is 3.00 bits per heavy atom. The molecule has 0 N–H and O–H groups in total. The van der Waals surface area contributed by atoms with Crippen LogP contribution in [0.5, 0.6) is 11.6 Å². The number of hydrogen-bond acceptors (Lipinski definition) is 4. The molecule has 3 rings (SSSR count). The summed E-state index contributed by atoms with van der Waals surface area (Å²) in [6.45, 7) is 3.44. The van der Waals surface area contributed by atoms with Gasteiger partial charge in [-0.2, -0.15) is 0 Å². The number of alkyl halides is 1. The molecule has 0 aliphatic carbocycles. The minimum absolute atomic E-state index is 0.102. The fraction of sp³-hybridized carbons (Fsp3) is 0.421. The predicted octanol–water partition coefficient (Wildman–Crippen LogP) is 3.91. The zero-order valence-electron chi connectivity index (χ0n) is 14.3. The number of hydrogen-bond donors (Lipinski definition) is 0. The van der Waals surface area contributed by atoms with Crippen LogP contribution < -0.4 is 4.74 Å². The summed E-state index contributed by atoms with van der Waals surface area (Å²) in [6.07, 6.45) is 5.60. The van der Waals surface area contributed by atoms with Crippen molar-refractivity contribution in [3.8, 4) is 11.6 Å². The summed E-state index contributed by atoms with van der Waals surface area (Å²) < 4.78 is 5.99. The van der Waals surface area contributed by atoms with Gasteiger partial charge in [0.25, 0.3) is 0 Å². The van der Waals surface area contributed by atoms with Gasteiger partial charge in [0.15, 0.2) is 0 Å². The van der Waals surface area contributed by atoms with Gasteiger partial charge in [-0.15, -0.1) is 11.6 Å². The average molecular weight is 360 g/mol. The smallest absolute Gasteiger partial charge is 0.241 e. The van der Waals surface area contributed by atoms with Gasteiger partial charge in [0.05, 0.1) is 0 Å². The molecule has 0 saturated carbocycles. The van der Waals surface area contributed by atoms with Crippen molar-refractivity contribution < 1.29 is 9.53 Å². The van der Waals surface area contributed by atoms with Crippen molar-refractivity contribution in [2.24, 2.45) is 0 Å². The van der Waals surface area contributed by atoms with E-state index in [0.717, 1.165) is 36.4 Å². The topological polar surface area (TPSA) is 55.3 Å². The normalized spacial score (nSPS) is 17.4. The molecule has 5 nitrogen and oxygen atoms in total. The van der Waals surface area contributed by atoms with E-state index in [2.05, 4.69) is 9.97 Å². The van der Waals surface area contributed by atoms with E-state index in [1.807, 2.05) is 36.1 Å². The van der Waals surface area contributed by atoms with Crippen LogP contribution in [-0.2, 0) is 4.79 Å². The molecule has 132 valence electrons. The Bertz CT molecular complexity index is 738. The molecule has 0 radical (unpaired) electrons. The first kappa shape index (κ1) is 17.7. The summed E-state index contributed by atoms with van der Waals surface area (Å²) in [5.41, 5.74) is 1.94. The molecule has 1 aromatic carbocycles. The first-order valence-corrected chi connectivity index (χ1v) is 9.10. The zero-order chi connectivity index (χ0) is 17.6. The number of likely N-dealkylation sites (tertiary alicyclic amines) is 1. The maximum absolute atomic E-state index is 12.2. The molecule has 1 aromatic heterocycles. The number of halogens is 1. The van der Waals surface area contributed by atoms with E-state index in [1.54, 1.807) is 12.4 Å². The van der Waals surface area contributed by atoms with E-state index in [4.69, 9.17) is 16.3 Å². The zero-order valence-corrected chi connectivity index (χ0v) is 15.1. The van der Waals surface area contributed by atoms with Gasteiger partial charge < -0.3 is 9.64 Å². The monoisotopic (exact) mass is 359 g/mol. The van der Waals surface area contributed by atoms with Gasteiger partial charge in [0.1, 0.15) is 11.4 Å². The van der Waals surface area contributed by atoms with Crippen molar-refractivity contribution in [1.82, 2.24) is 14.9 Å². The summed E-state index contributed by atoms with van der Waals surface area (Å²) >= 11 is 5.71. The Balaban J connectivity index is 1.79. The quantitative estimate of drug-likeness (QED) is 0.759. The summed E-state index contributed by atoms with van der Waals surface area (Å²) in [7, 11) is 0. The van der Waals surface area contributed by atoms with Crippen LogP contribution in [0, 0.1) is 6.92 Å². The average Bonchev–Trinajstić information content (AvgIpc) is 2.62. The first-order chi connectivity index (χ1) is 12.2. The van der Waals surface area contributed by atoms with Crippen molar-refractivity contribution >= 4 is 17.5 Å². The standard InChI is InChI=1S/C19H22ClN3O2/c1-14-4-2-6-16(12-14)25-19-18(21-9-10-22-19)15-5-3-11-23(13-15)17(24)7-8-20/h2,4,6,9-10,12,15H,3,5,7-8,11,13H2,1H3. The molecule has 1 atom stereocenters. The van der Waals surface area contributed by atoms with Crippen molar-refractivity contribution in [3.63, 3.8) is 0 Å². The number of aryl methyl sites for hydroxylation is 1. The van der Waals surface area contributed by atoms with Gasteiger partial charge in [-0.3, -0.25) is 9.78 Å². The number of benzene rings is 1. The first-order valence-electron chi connectivity index (χ1n) is 8.56. The minimum atomic E-state index is 0.102. The largest absolute Gasteiger partial charge is 0.437 e. The molecule has 1 unspecified atom stereocenters.